The Labute approximate surface area is 118 Å². The number of aryl methyl sites for hydroxylation is 1. The molecule has 3 rings (SSSR count). The van der Waals surface area contributed by atoms with Crippen LogP contribution in [-0.2, 0) is 4.74 Å². The fourth-order valence-corrected chi connectivity index (χ4v) is 2.35. The van der Waals surface area contributed by atoms with E-state index in [0.717, 1.165) is 11.1 Å². The minimum absolute atomic E-state index is 0.0190. The van der Waals surface area contributed by atoms with Crippen LogP contribution >= 0.6 is 0 Å². The molecule has 102 valence electrons. The van der Waals surface area contributed by atoms with Crippen LogP contribution in [0, 0.1) is 6.92 Å². The van der Waals surface area contributed by atoms with E-state index >= 15 is 0 Å². The van der Waals surface area contributed by atoms with Crippen molar-refractivity contribution in [1.29, 1.82) is 0 Å². The number of aliphatic imine (C=N–C) groups is 1. The largest absolute Gasteiger partial charge is 0.467 e. The highest BCUT2D eigenvalue weighted by atomic mass is 16.5. The van der Waals surface area contributed by atoms with Gasteiger partial charge in [0.2, 0.25) is 5.90 Å². The lowest BCUT2D eigenvalue weighted by atomic mass is 10.0. The summed E-state index contributed by atoms with van der Waals surface area (Å²) in [5.74, 6) is 0.607. The zero-order chi connectivity index (χ0) is 13.9. The summed E-state index contributed by atoms with van der Waals surface area (Å²) in [6.45, 7) is 2.03. The molecule has 0 amide bonds. The predicted octanol–water partition coefficient (Wildman–Crippen LogP) is 2.87. The molecule has 3 heteroatoms. The van der Waals surface area contributed by atoms with Crippen molar-refractivity contribution in [2.24, 2.45) is 4.99 Å². The van der Waals surface area contributed by atoms with E-state index in [-0.39, 0.29) is 18.8 Å². The molecule has 1 N–H and O–H groups in total. The second kappa shape index (κ2) is 5.47. The van der Waals surface area contributed by atoms with Gasteiger partial charge in [0.25, 0.3) is 0 Å². The van der Waals surface area contributed by atoms with Gasteiger partial charge in [-0.15, -0.1) is 0 Å². The first kappa shape index (κ1) is 12.9. The molecular formula is C17H17NO2. The van der Waals surface area contributed by atoms with Crippen LogP contribution in [0.3, 0.4) is 0 Å². The first-order valence-electron chi connectivity index (χ1n) is 6.75. The summed E-state index contributed by atoms with van der Waals surface area (Å²) in [5.41, 5.74) is 3.20. The van der Waals surface area contributed by atoms with Gasteiger partial charge in [-0.1, -0.05) is 48.0 Å². The number of ether oxygens (including phenoxy) is 1. The second-order valence-corrected chi connectivity index (χ2v) is 5.00. The Balaban J connectivity index is 1.87. The maximum Gasteiger partial charge on any atom is 0.217 e. The average molecular weight is 267 g/mol. The van der Waals surface area contributed by atoms with E-state index in [1.807, 2.05) is 54.6 Å². The Hall–Kier alpha value is -2.13. The summed E-state index contributed by atoms with van der Waals surface area (Å²) in [6, 6.07) is 17.7. The van der Waals surface area contributed by atoms with Crippen LogP contribution in [-0.4, -0.2) is 23.7 Å². The summed E-state index contributed by atoms with van der Waals surface area (Å²) in [5, 5.41) is 9.53. The lowest BCUT2D eigenvalue weighted by Gasteiger charge is -2.16. The highest BCUT2D eigenvalue weighted by molar-refractivity contribution is 5.95. The number of aliphatic hydroxyl groups excluding tert-OH is 1. The number of nitrogens with zero attached hydrogens (tertiary/aromatic N) is 1. The van der Waals surface area contributed by atoms with Crippen molar-refractivity contribution in [3.63, 3.8) is 0 Å². The van der Waals surface area contributed by atoms with Crippen molar-refractivity contribution in [3.05, 3.63) is 71.3 Å². The van der Waals surface area contributed by atoms with Crippen LogP contribution < -0.4 is 0 Å². The molecular weight excluding hydrogens is 250 g/mol. The molecule has 1 aliphatic heterocycles. The summed E-state index contributed by atoms with van der Waals surface area (Å²) in [6.07, 6.45) is -0.212. The van der Waals surface area contributed by atoms with E-state index in [1.165, 1.54) is 5.56 Å². The van der Waals surface area contributed by atoms with Crippen molar-refractivity contribution in [2.45, 2.75) is 19.1 Å². The molecule has 0 radical (unpaired) electrons. The standard InChI is InChI=1S/C17H17NO2/c1-12-7-9-13(10-8-12)16-15(11-19)18-17(20-16)14-5-3-2-4-6-14/h2-10,15-16,19H,11H2,1H3/t15-,16-/m1/s1. The van der Waals surface area contributed by atoms with E-state index in [9.17, 15) is 5.11 Å². The van der Waals surface area contributed by atoms with Gasteiger partial charge in [0, 0.05) is 5.56 Å². The van der Waals surface area contributed by atoms with Gasteiger partial charge in [0.1, 0.15) is 6.04 Å². The molecule has 0 aromatic heterocycles. The van der Waals surface area contributed by atoms with Crippen molar-refractivity contribution < 1.29 is 9.84 Å². The fourth-order valence-electron chi connectivity index (χ4n) is 2.35. The average Bonchev–Trinajstić information content (AvgIpc) is 2.93. The Morgan fingerprint density at radius 1 is 1.05 bits per heavy atom. The van der Waals surface area contributed by atoms with Crippen molar-refractivity contribution in [3.8, 4) is 0 Å². The number of hydrogen-bond acceptors (Lipinski definition) is 3. The fraction of sp³-hybridized carbons (Fsp3) is 0.235. The van der Waals surface area contributed by atoms with Gasteiger partial charge in [-0.2, -0.15) is 0 Å². The van der Waals surface area contributed by atoms with Crippen LogP contribution in [0.2, 0.25) is 0 Å². The third-order valence-corrected chi connectivity index (χ3v) is 3.48. The molecule has 1 heterocycles. The molecule has 0 spiro atoms. The lowest BCUT2D eigenvalue weighted by molar-refractivity contribution is 0.152. The topological polar surface area (TPSA) is 41.8 Å². The molecule has 0 fully saturated rings. The number of benzene rings is 2. The van der Waals surface area contributed by atoms with Gasteiger partial charge < -0.3 is 9.84 Å². The molecule has 0 bridgehead atoms. The van der Waals surface area contributed by atoms with Gasteiger partial charge >= 0.3 is 0 Å². The lowest BCUT2D eigenvalue weighted by Crippen LogP contribution is -2.17. The zero-order valence-electron chi connectivity index (χ0n) is 11.4. The molecule has 3 nitrogen and oxygen atoms in total. The summed E-state index contributed by atoms with van der Waals surface area (Å²) in [7, 11) is 0. The highest BCUT2D eigenvalue weighted by Crippen LogP contribution is 2.31. The van der Waals surface area contributed by atoms with Gasteiger partial charge in [-0.3, -0.25) is 0 Å². The van der Waals surface area contributed by atoms with Crippen LogP contribution in [0.1, 0.15) is 22.8 Å². The van der Waals surface area contributed by atoms with Crippen LogP contribution in [0.4, 0.5) is 0 Å². The number of hydrogen-bond donors (Lipinski definition) is 1. The minimum Gasteiger partial charge on any atom is -0.467 e. The molecule has 20 heavy (non-hydrogen) atoms. The normalized spacial score (nSPS) is 21.4. The van der Waals surface area contributed by atoms with Gasteiger partial charge in [0.15, 0.2) is 6.10 Å². The first-order valence-corrected chi connectivity index (χ1v) is 6.75. The number of aliphatic hydroxyl groups is 1. The summed E-state index contributed by atoms with van der Waals surface area (Å²) in [4.78, 5) is 4.50. The smallest absolute Gasteiger partial charge is 0.217 e. The zero-order valence-corrected chi connectivity index (χ0v) is 11.4. The van der Waals surface area contributed by atoms with Crippen LogP contribution in [0.25, 0.3) is 0 Å². The maximum absolute atomic E-state index is 9.53. The van der Waals surface area contributed by atoms with E-state index < -0.39 is 0 Å². The first-order chi connectivity index (χ1) is 9.78. The monoisotopic (exact) mass is 267 g/mol. The minimum atomic E-state index is -0.243. The van der Waals surface area contributed by atoms with Crippen molar-refractivity contribution in [2.75, 3.05) is 6.61 Å². The Kier molecular flexibility index (Phi) is 3.52. The Bertz CT molecular complexity index is 605. The van der Waals surface area contributed by atoms with E-state index in [2.05, 4.69) is 11.9 Å². The van der Waals surface area contributed by atoms with Crippen molar-refractivity contribution >= 4 is 5.90 Å². The van der Waals surface area contributed by atoms with Crippen molar-refractivity contribution in [1.82, 2.24) is 0 Å². The molecule has 2 aromatic rings. The summed E-state index contributed by atoms with van der Waals surface area (Å²) < 4.78 is 5.97. The Morgan fingerprint density at radius 3 is 2.40 bits per heavy atom. The third kappa shape index (κ3) is 2.45. The number of rotatable bonds is 3. The molecule has 0 saturated heterocycles. The van der Waals surface area contributed by atoms with E-state index in [0.29, 0.717) is 5.90 Å². The second-order valence-electron chi connectivity index (χ2n) is 5.00. The van der Waals surface area contributed by atoms with Gasteiger partial charge in [0.05, 0.1) is 6.61 Å². The highest BCUT2D eigenvalue weighted by Gasteiger charge is 2.32. The van der Waals surface area contributed by atoms with Gasteiger partial charge in [-0.05, 0) is 24.6 Å². The van der Waals surface area contributed by atoms with Gasteiger partial charge in [-0.25, -0.2) is 4.99 Å². The molecule has 0 aliphatic carbocycles. The summed E-state index contributed by atoms with van der Waals surface area (Å²) >= 11 is 0. The molecule has 0 unspecified atom stereocenters. The molecule has 2 aromatic carbocycles. The maximum atomic E-state index is 9.53. The molecule has 1 aliphatic rings. The third-order valence-electron chi connectivity index (χ3n) is 3.48. The molecule has 0 saturated carbocycles. The van der Waals surface area contributed by atoms with Crippen LogP contribution in [0.5, 0.6) is 0 Å². The molecule has 2 atom stereocenters. The quantitative estimate of drug-likeness (QED) is 0.929. The van der Waals surface area contributed by atoms with E-state index in [1.54, 1.807) is 0 Å². The predicted molar refractivity (Wildman–Crippen MR) is 78.9 cm³/mol. The SMILES string of the molecule is Cc1ccc([C@H]2OC(c3ccccc3)=N[C@@H]2CO)cc1. The Morgan fingerprint density at radius 2 is 1.75 bits per heavy atom. The van der Waals surface area contributed by atoms with Crippen LogP contribution in [0.15, 0.2) is 59.6 Å². The van der Waals surface area contributed by atoms with E-state index in [4.69, 9.17) is 4.74 Å².